The number of hydrogen-bond acceptors (Lipinski definition) is 8. The first-order chi connectivity index (χ1) is 21.8. The van der Waals surface area contributed by atoms with Crippen LogP contribution in [0.4, 0.5) is 24.5 Å². The van der Waals surface area contributed by atoms with Crippen molar-refractivity contribution in [2.24, 2.45) is 5.92 Å². The van der Waals surface area contributed by atoms with E-state index in [2.05, 4.69) is 30.2 Å². The molecule has 13 heteroatoms. The van der Waals surface area contributed by atoms with E-state index in [1.54, 1.807) is 56.3 Å². The maximum absolute atomic E-state index is 14.4. The quantitative estimate of drug-likeness (QED) is 0.178. The maximum atomic E-state index is 14.4. The number of hydrogen-bond donors (Lipinski definition) is 3. The van der Waals surface area contributed by atoms with Crippen LogP contribution < -0.4 is 15.8 Å². The van der Waals surface area contributed by atoms with Gasteiger partial charge in [-0.3, -0.25) is 9.59 Å². The van der Waals surface area contributed by atoms with E-state index in [-0.39, 0.29) is 53.1 Å². The Labute approximate surface area is 262 Å². The number of anilines is 2. The van der Waals surface area contributed by atoms with Gasteiger partial charge in [-0.1, -0.05) is 18.2 Å². The Morgan fingerprint density at radius 1 is 1.02 bits per heavy atom. The summed E-state index contributed by atoms with van der Waals surface area (Å²) in [5, 5.41) is 4.03. The number of piperidine rings is 1. The predicted octanol–water partition coefficient (Wildman–Crippen LogP) is 6.61. The van der Waals surface area contributed by atoms with Gasteiger partial charge >= 0.3 is 12.1 Å². The Balaban J connectivity index is 1.40. The lowest BCUT2D eigenvalue weighted by atomic mass is 9.95. The molecular weight excluding hydrogens is 599 g/mol. The molecule has 1 saturated heterocycles. The molecule has 1 aliphatic heterocycles. The molecule has 0 spiro atoms. The van der Waals surface area contributed by atoms with E-state index in [1.165, 1.54) is 6.07 Å². The van der Waals surface area contributed by atoms with Gasteiger partial charge in [0.25, 0.3) is 5.56 Å². The molecule has 240 valence electrons. The van der Waals surface area contributed by atoms with Gasteiger partial charge in [-0.25, -0.2) is 15.0 Å². The fourth-order valence-corrected chi connectivity index (χ4v) is 5.83. The smallest absolute Gasteiger partial charge is 0.418 e. The first-order valence-electron chi connectivity index (χ1n) is 15.1. The van der Waals surface area contributed by atoms with Crippen LogP contribution >= 0.6 is 0 Å². The molecule has 46 heavy (non-hydrogen) atoms. The SMILES string of the molecule is CC(Nc1c(-c2nc3cc(N4CCC(C(=O)OC(C)(C)C)CC4)c(C(F)(F)F)cc3[nH]2)c(=O)[nH]c2ccccc12)c1ncccn1. The summed E-state index contributed by atoms with van der Waals surface area (Å²) in [4.78, 5) is 46.9. The summed E-state index contributed by atoms with van der Waals surface area (Å²) in [6, 6.07) is 10.9. The molecule has 1 fully saturated rings. The van der Waals surface area contributed by atoms with E-state index in [9.17, 15) is 22.8 Å². The zero-order valence-corrected chi connectivity index (χ0v) is 25.8. The van der Waals surface area contributed by atoms with Gasteiger partial charge in [-0.2, -0.15) is 13.2 Å². The fraction of sp³-hybridized carbons (Fsp3) is 0.364. The van der Waals surface area contributed by atoms with Crippen LogP contribution in [0, 0.1) is 5.92 Å². The minimum Gasteiger partial charge on any atom is -0.460 e. The van der Waals surface area contributed by atoms with Crippen LogP contribution in [-0.4, -0.2) is 49.6 Å². The number of nitrogens with one attached hydrogen (secondary N) is 3. The van der Waals surface area contributed by atoms with E-state index >= 15 is 0 Å². The summed E-state index contributed by atoms with van der Waals surface area (Å²) in [6.07, 6.45) is -0.699. The largest absolute Gasteiger partial charge is 0.460 e. The van der Waals surface area contributed by atoms with Crippen molar-refractivity contribution >= 4 is 39.3 Å². The second kappa shape index (κ2) is 11.8. The minimum atomic E-state index is -4.66. The highest BCUT2D eigenvalue weighted by Gasteiger charge is 2.38. The van der Waals surface area contributed by atoms with E-state index in [0.29, 0.717) is 35.3 Å². The number of nitrogens with zero attached hydrogens (tertiary/aromatic N) is 4. The number of aromatic nitrogens is 5. The number of H-pyrrole nitrogens is 2. The van der Waals surface area contributed by atoms with Gasteiger partial charge in [0.2, 0.25) is 0 Å². The summed E-state index contributed by atoms with van der Waals surface area (Å²) in [5.41, 5.74) is -0.402. The number of esters is 1. The van der Waals surface area contributed by atoms with Crippen LogP contribution in [0.2, 0.25) is 0 Å². The third kappa shape index (κ3) is 6.26. The average Bonchev–Trinajstić information content (AvgIpc) is 3.42. The van der Waals surface area contributed by atoms with Crippen molar-refractivity contribution in [1.29, 1.82) is 0 Å². The second-order valence-corrected chi connectivity index (χ2v) is 12.5. The highest BCUT2D eigenvalue weighted by Crippen LogP contribution is 2.41. The summed E-state index contributed by atoms with van der Waals surface area (Å²) < 4.78 is 48.8. The highest BCUT2D eigenvalue weighted by atomic mass is 19.4. The third-order valence-electron chi connectivity index (χ3n) is 7.97. The Morgan fingerprint density at radius 3 is 2.39 bits per heavy atom. The molecule has 3 N–H and O–H groups in total. The molecule has 1 unspecified atom stereocenters. The van der Waals surface area contributed by atoms with Gasteiger partial charge in [-0.15, -0.1) is 0 Å². The average molecular weight is 634 g/mol. The van der Waals surface area contributed by atoms with Crippen molar-refractivity contribution in [3.8, 4) is 11.4 Å². The van der Waals surface area contributed by atoms with Crippen LogP contribution in [0.15, 0.2) is 59.7 Å². The number of benzene rings is 2. The van der Waals surface area contributed by atoms with E-state index < -0.39 is 28.9 Å². The van der Waals surface area contributed by atoms with E-state index in [1.807, 2.05) is 19.1 Å². The number of aromatic amines is 2. The first kappa shape index (κ1) is 31.1. The maximum Gasteiger partial charge on any atom is 0.418 e. The molecule has 1 atom stereocenters. The van der Waals surface area contributed by atoms with Gasteiger partial charge in [-0.05, 0) is 64.8 Å². The van der Waals surface area contributed by atoms with Gasteiger partial charge in [0.05, 0.1) is 45.4 Å². The molecule has 3 aromatic heterocycles. The van der Waals surface area contributed by atoms with Crippen molar-refractivity contribution in [2.45, 2.75) is 58.4 Å². The third-order valence-corrected chi connectivity index (χ3v) is 7.97. The molecule has 1 aliphatic rings. The molecule has 0 amide bonds. The predicted molar refractivity (Wildman–Crippen MR) is 170 cm³/mol. The Kier molecular flexibility index (Phi) is 7.95. The highest BCUT2D eigenvalue weighted by molar-refractivity contribution is 5.99. The fourth-order valence-electron chi connectivity index (χ4n) is 5.83. The number of carbonyl (C=O) groups excluding carboxylic acids is 1. The minimum absolute atomic E-state index is 0.0266. The van der Waals surface area contributed by atoms with Crippen LogP contribution in [-0.2, 0) is 15.7 Å². The topological polar surface area (TPSA) is 129 Å². The summed E-state index contributed by atoms with van der Waals surface area (Å²) in [5.74, 6) is -0.120. The summed E-state index contributed by atoms with van der Waals surface area (Å²) in [6.45, 7) is 7.69. The Hall–Kier alpha value is -4.94. The van der Waals surface area contributed by atoms with Crippen LogP contribution in [0.3, 0.4) is 0 Å². The molecule has 0 saturated carbocycles. The summed E-state index contributed by atoms with van der Waals surface area (Å²) in [7, 11) is 0. The molecule has 4 heterocycles. The molecule has 2 aromatic carbocycles. The van der Waals surface area contributed by atoms with Gasteiger partial charge in [0.1, 0.15) is 22.8 Å². The van der Waals surface area contributed by atoms with Crippen LogP contribution in [0.1, 0.15) is 58.0 Å². The van der Waals surface area contributed by atoms with Crippen LogP contribution in [0.5, 0.6) is 0 Å². The molecule has 0 aliphatic carbocycles. The number of imidazole rings is 1. The zero-order chi connectivity index (χ0) is 32.8. The van der Waals surface area contributed by atoms with Crippen molar-refractivity contribution in [2.75, 3.05) is 23.3 Å². The standard InChI is InChI=1S/C33H34F3N7O3/c1-18(28-37-12-7-13-38-28)39-27-20-8-5-6-9-22(20)42-30(44)26(27)29-40-23-16-21(33(34,35)36)25(17-24(23)41-29)43-14-10-19(11-15-43)31(45)46-32(2,3)4/h5-9,12-13,16-19H,10-11,14-15H2,1-4H3,(H,40,41)(H2,39,42,44). The van der Waals surface area contributed by atoms with Gasteiger partial charge < -0.3 is 24.9 Å². The van der Waals surface area contributed by atoms with Crippen LogP contribution in [0.25, 0.3) is 33.3 Å². The number of fused-ring (bicyclic) bond motifs is 2. The molecular formula is C33H34F3N7O3. The number of ether oxygens (including phenoxy) is 1. The first-order valence-corrected chi connectivity index (χ1v) is 15.1. The number of halogens is 3. The number of para-hydroxylation sites is 1. The van der Waals surface area contributed by atoms with E-state index in [0.717, 1.165) is 6.07 Å². The van der Waals surface area contributed by atoms with Crippen molar-refractivity contribution in [3.05, 3.63) is 76.6 Å². The Bertz CT molecular complexity index is 1960. The Morgan fingerprint density at radius 2 is 1.72 bits per heavy atom. The number of pyridine rings is 1. The number of alkyl halides is 3. The molecule has 6 rings (SSSR count). The molecule has 10 nitrogen and oxygen atoms in total. The van der Waals surface area contributed by atoms with Crippen molar-refractivity contribution in [1.82, 2.24) is 24.9 Å². The zero-order valence-electron chi connectivity index (χ0n) is 25.8. The van der Waals surface area contributed by atoms with Gasteiger partial charge in [0, 0.05) is 30.9 Å². The monoisotopic (exact) mass is 633 g/mol. The van der Waals surface area contributed by atoms with E-state index in [4.69, 9.17) is 4.74 Å². The lowest BCUT2D eigenvalue weighted by Crippen LogP contribution is -2.39. The lowest BCUT2D eigenvalue weighted by molar-refractivity contribution is -0.160. The number of rotatable bonds is 6. The molecule has 5 aromatic rings. The number of carbonyl (C=O) groups is 1. The van der Waals surface area contributed by atoms with Crippen molar-refractivity contribution < 1.29 is 22.7 Å². The van der Waals surface area contributed by atoms with Crippen molar-refractivity contribution in [3.63, 3.8) is 0 Å². The summed E-state index contributed by atoms with van der Waals surface area (Å²) >= 11 is 0. The molecule has 0 bridgehead atoms. The second-order valence-electron chi connectivity index (χ2n) is 12.5. The normalized spacial score (nSPS) is 15.3. The molecule has 0 radical (unpaired) electrons. The van der Waals surface area contributed by atoms with Gasteiger partial charge in [0.15, 0.2) is 0 Å². The lowest BCUT2D eigenvalue weighted by Gasteiger charge is -2.35.